The predicted molar refractivity (Wildman–Crippen MR) is 130 cm³/mol. The van der Waals surface area contributed by atoms with Gasteiger partial charge in [-0.1, -0.05) is 42.5 Å². The smallest absolute Gasteiger partial charge is 0.231 e. The lowest BCUT2D eigenvalue weighted by Crippen LogP contribution is -2.36. The molecule has 0 spiro atoms. The van der Waals surface area contributed by atoms with Crippen molar-refractivity contribution in [1.82, 2.24) is 5.32 Å². The molecule has 8 nitrogen and oxygen atoms in total. The van der Waals surface area contributed by atoms with E-state index in [0.717, 1.165) is 17.4 Å². The van der Waals surface area contributed by atoms with Crippen molar-refractivity contribution in [3.63, 3.8) is 0 Å². The number of aromatic hydroxyl groups is 1. The summed E-state index contributed by atoms with van der Waals surface area (Å²) in [6.07, 6.45) is 0.709. The van der Waals surface area contributed by atoms with Crippen LogP contribution >= 0.6 is 0 Å². The number of aliphatic hydroxyl groups excluding tert-OH is 1. The van der Waals surface area contributed by atoms with Crippen molar-refractivity contribution in [1.29, 1.82) is 0 Å². The van der Waals surface area contributed by atoms with E-state index in [-0.39, 0.29) is 24.3 Å². The Hall–Kier alpha value is -3.27. The first-order valence-electron chi connectivity index (χ1n) is 10.9. The summed E-state index contributed by atoms with van der Waals surface area (Å²) in [4.78, 5) is 0. The van der Waals surface area contributed by atoms with E-state index < -0.39 is 22.2 Å². The summed E-state index contributed by atoms with van der Waals surface area (Å²) in [6.45, 7) is 2.04. The second-order valence-electron chi connectivity index (χ2n) is 8.41. The number of hydrogen-bond acceptors (Lipinski definition) is 7. The van der Waals surface area contributed by atoms with Gasteiger partial charge in [-0.05, 0) is 54.3 Å². The van der Waals surface area contributed by atoms with Crippen molar-refractivity contribution in [3.8, 4) is 17.2 Å². The van der Waals surface area contributed by atoms with Gasteiger partial charge >= 0.3 is 0 Å². The molecule has 1 aliphatic heterocycles. The quantitative estimate of drug-likeness (QED) is 0.344. The highest BCUT2D eigenvalue weighted by Gasteiger charge is 2.24. The Balaban J connectivity index is 1.57. The van der Waals surface area contributed by atoms with Crippen LogP contribution in [0.2, 0.25) is 0 Å². The molecule has 1 aliphatic rings. The monoisotopic (exact) mass is 484 g/mol. The first kappa shape index (κ1) is 23.9. The topological polar surface area (TPSA) is 117 Å². The Morgan fingerprint density at radius 1 is 0.971 bits per heavy atom. The van der Waals surface area contributed by atoms with Gasteiger partial charge in [-0.2, -0.15) is 0 Å². The van der Waals surface area contributed by atoms with Gasteiger partial charge in [-0.3, -0.25) is 4.72 Å². The number of aliphatic hydroxyl groups is 1. The van der Waals surface area contributed by atoms with Gasteiger partial charge in [0.25, 0.3) is 0 Å². The predicted octanol–water partition coefficient (Wildman–Crippen LogP) is 3.49. The fourth-order valence-corrected chi connectivity index (χ4v) is 4.53. The van der Waals surface area contributed by atoms with Gasteiger partial charge in [0, 0.05) is 12.1 Å². The Labute approximate surface area is 199 Å². The molecular formula is C25H28N2O6S. The third-order valence-electron chi connectivity index (χ3n) is 5.68. The number of hydrogen-bond donors (Lipinski definition) is 4. The zero-order valence-corrected chi connectivity index (χ0v) is 19.7. The van der Waals surface area contributed by atoms with E-state index >= 15 is 0 Å². The van der Waals surface area contributed by atoms with E-state index in [2.05, 4.69) is 10.0 Å². The van der Waals surface area contributed by atoms with Crippen molar-refractivity contribution < 1.29 is 28.1 Å². The minimum absolute atomic E-state index is 0.0165. The van der Waals surface area contributed by atoms with Crippen LogP contribution in [-0.2, 0) is 16.4 Å². The summed E-state index contributed by atoms with van der Waals surface area (Å²) in [5, 5.41) is 24.6. The lowest BCUT2D eigenvalue weighted by Gasteiger charge is -2.28. The van der Waals surface area contributed by atoms with Crippen LogP contribution in [0.4, 0.5) is 5.69 Å². The van der Waals surface area contributed by atoms with Gasteiger partial charge in [0.15, 0.2) is 11.5 Å². The number of anilines is 1. The van der Waals surface area contributed by atoms with Gasteiger partial charge in [0.05, 0.1) is 18.0 Å². The van der Waals surface area contributed by atoms with Crippen molar-refractivity contribution in [2.45, 2.75) is 31.5 Å². The Morgan fingerprint density at radius 2 is 1.68 bits per heavy atom. The minimum atomic E-state index is -3.59. The van der Waals surface area contributed by atoms with Gasteiger partial charge in [0.2, 0.25) is 16.8 Å². The van der Waals surface area contributed by atoms with Crippen LogP contribution < -0.4 is 19.5 Å². The first-order chi connectivity index (χ1) is 16.2. The highest BCUT2D eigenvalue weighted by Crippen LogP contribution is 2.36. The summed E-state index contributed by atoms with van der Waals surface area (Å²) >= 11 is 0. The maximum Gasteiger partial charge on any atom is 0.231 e. The molecule has 0 amide bonds. The summed E-state index contributed by atoms with van der Waals surface area (Å²) in [6, 6.07) is 19.6. The number of ether oxygens (including phenoxy) is 2. The molecule has 0 saturated heterocycles. The Bertz CT molecular complexity index is 1250. The molecule has 0 radical (unpaired) electrons. The second kappa shape index (κ2) is 9.92. The maximum atomic E-state index is 11.6. The summed E-state index contributed by atoms with van der Waals surface area (Å²) in [7, 11) is -3.59. The molecule has 0 unspecified atom stereocenters. The average Bonchev–Trinajstić information content (AvgIpc) is 3.27. The normalized spacial score (nSPS) is 15.5. The van der Waals surface area contributed by atoms with E-state index in [4.69, 9.17) is 9.47 Å². The number of nitrogens with one attached hydrogen (secondary N) is 2. The third kappa shape index (κ3) is 5.80. The number of rotatable bonds is 9. The van der Waals surface area contributed by atoms with E-state index in [1.54, 1.807) is 6.07 Å². The molecule has 1 heterocycles. The fraction of sp³-hybridized carbons (Fsp3) is 0.280. The molecule has 4 N–H and O–H groups in total. The van der Waals surface area contributed by atoms with Crippen LogP contribution in [0.25, 0.3) is 0 Å². The van der Waals surface area contributed by atoms with E-state index in [9.17, 15) is 18.6 Å². The molecule has 180 valence electrons. The highest BCUT2D eigenvalue weighted by atomic mass is 32.2. The third-order valence-corrected chi connectivity index (χ3v) is 6.27. The van der Waals surface area contributed by atoms with Crippen LogP contribution in [-0.4, -0.2) is 37.7 Å². The summed E-state index contributed by atoms with van der Waals surface area (Å²) in [5.74, 6) is 1.16. The van der Waals surface area contributed by atoms with Crippen molar-refractivity contribution >= 4 is 15.7 Å². The van der Waals surface area contributed by atoms with E-state index in [1.807, 2.05) is 55.5 Å². The van der Waals surface area contributed by atoms with Gasteiger partial charge in [0.1, 0.15) is 5.75 Å². The van der Waals surface area contributed by atoms with Crippen molar-refractivity contribution in [2.75, 3.05) is 17.8 Å². The minimum Gasteiger partial charge on any atom is -0.506 e. The molecule has 9 heteroatoms. The number of phenols is 1. The highest BCUT2D eigenvalue weighted by molar-refractivity contribution is 7.92. The summed E-state index contributed by atoms with van der Waals surface area (Å²) in [5.41, 5.74) is 2.59. The van der Waals surface area contributed by atoms with Gasteiger partial charge in [-0.15, -0.1) is 0 Å². The lowest BCUT2D eigenvalue weighted by molar-refractivity contribution is 0.129. The molecule has 0 saturated carbocycles. The summed E-state index contributed by atoms with van der Waals surface area (Å²) < 4.78 is 36.5. The Morgan fingerprint density at radius 3 is 2.41 bits per heavy atom. The standard InChI is InChI=1S/C25H28N2O6S/c1-16(25(29)19-8-10-22(28)21(13-19)27-34(2,30)31)26-20(12-17-6-4-3-5-7-17)18-9-11-23-24(14-18)33-15-32-23/h3-11,13-14,16,20,25-29H,12,15H2,1-2H3/t16-,20+,25-/m0/s1. The molecule has 34 heavy (non-hydrogen) atoms. The molecule has 0 aliphatic carbocycles. The first-order valence-corrected chi connectivity index (χ1v) is 12.8. The number of benzene rings is 3. The number of sulfonamides is 1. The zero-order chi connectivity index (χ0) is 24.3. The molecular weight excluding hydrogens is 456 g/mol. The largest absolute Gasteiger partial charge is 0.506 e. The van der Waals surface area contributed by atoms with Crippen molar-refractivity contribution in [2.24, 2.45) is 0 Å². The zero-order valence-electron chi connectivity index (χ0n) is 18.9. The maximum absolute atomic E-state index is 11.6. The van der Waals surface area contributed by atoms with Gasteiger partial charge < -0.3 is 25.0 Å². The number of fused-ring (bicyclic) bond motifs is 1. The van der Waals surface area contributed by atoms with Crippen LogP contribution in [0.15, 0.2) is 66.7 Å². The Kier molecular flexibility index (Phi) is 6.97. The average molecular weight is 485 g/mol. The lowest BCUT2D eigenvalue weighted by atomic mass is 9.95. The van der Waals surface area contributed by atoms with Gasteiger partial charge in [-0.25, -0.2) is 8.42 Å². The van der Waals surface area contributed by atoms with Crippen LogP contribution in [0.3, 0.4) is 0 Å². The van der Waals surface area contributed by atoms with Crippen LogP contribution in [0.5, 0.6) is 17.2 Å². The fourth-order valence-electron chi connectivity index (χ4n) is 3.97. The molecule has 0 bridgehead atoms. The molecule has 0 fully saturated rings. The SMILES string of the molecule is C[C@H](N[C@H](Cc1ccccc1)c1ccc2c(c1)OCO2)[C@H](O)c1ccc(O)c(NS(C)(=O)=O)c1. The van der Waals surface area contributed by atoms with E-state index in [1.165, 1.54) is 12.1 Å². The van der Waals surface area contributed by atoms with Crippen molar-refractivity contribution in [3.05, 3.63) is 83.4 Å². The molecule has 0 aromatic heterocycles. The molecule has 3 atom stereocenters. The molecule has 3 aromatic rings. The molecule has 3 aromatic carbocycles. The van der Waals surface area contributed by atoms with Crippen LogP contribution in [0, 0.1) is 0 Å². The second-order valence-corrected chi connectivity index (χ2v) is 10.2. The number of phenolic OH excluding ortho intramolecular Hbond substituents is 1. The van der Waals surface area contributed by atoms with E-state index in [0.29, 0.717) is 23.5 Å². The molecule has 4 rings (SSSR count). The van der Waals surface area contributed by atoms with Crippen LogP contribution in [0.1, 0.15) is 35.8 Å².